The van der Waals surface area contributed by atoms with Crippen molar-refractivity contribution in [2.75, 3.05) is 0 Å². The molecule has 3 rings (SSSR count). The van der Waals surface area contributed by atoms with E-state index in [9.17, 15) is 0 Å². The number of aromatic nitrogens is 1. The third-order valence-electron chi connectivity index (χ3n) is 3.80. The molecule has 0 fully saturated rings. The smallest absolute Gasteiger partial charge is 0.0815 e. The van der Waals surface area contributed by atoms with Gasteiger partial charge in [-0.3, -0.25) is 4.98 Å². The van der Waals surface area contributed by atoms with Crippen molar-refractivity contribution in [3.05, 3.63) is 48.2 Å². The molecule has 86 valence electrons. The highest BCUT2D eigenvalue weighted by atomic mass is 28.3. The minimum Gasteiger partial charge on any atom is -0.256 e. The van der Waals surface area contributed by atoms with Gasteiger partial charge < -0.3 is 0 Å². The summed E-state index contributed by atoms with van der Waals surface area (Å²) < 4.78 is 0. The first-order chi connectivity index (χ1) is 8.17. The first-order valence-corrected chi connectivity index (χ1v) is 9.42. The maximum Gasteiger partial charge on any atom is 0.0815 e. The van der Waals surface area contributed by atoms with E-state index in [1.54, 1.807) is 5.19 Å². The molecule has 0 aliphatic carbocycles. The van der Waals surface area contributed by atoms with Crippen LogP contribution in [0.2, 0.25) is 19.1 Å². The van der Waals surface area contributed by atoms with Gasteiger partial charge in [0.1, 0.15) is 0 Å². The molecule has 0 bridgehead atoms. The van der Waals surface area contributed by atoms with Crippen molar-refractivity contribution in [1.82, 2.24) is 4.98 Å². The maximum absolute atomic E-state index is 4.61. The summed E-state index contributed by atoms with van der Waals surface area (Å²) in [5.41, 5.74) is 3.85. The van der Waals surface area contributed by atoms with Gasteiger partial charge in [-0.25, -0.2) is 0 Å². The average Bonchev–Trinajstić information content (AvgIpc) is 2.66. The Bertz CT molecular complexity index is 546. The van der Waals surface area contributed by atoms with Crippen LogP contribution < -0.4 is 5.19 Å². The highest BCUT2D eigenvalue weighted by Gasteiger charge is 2.32. The summed E-state index contributed by atoms with van der Waals surface area (Å²) in [7, 11) is -1.17. The van der Waals surface area contributed by atoms with Crippen molar-refractivity contribution in [3.8, 4) is 11.3 Å². The molecule has 1 aliphatic heterocycles. The summed E-state index contributed by atoms with van der Waals surface area (Å²) in [4.78, 5) is 4.61. The fourth-order valence-corrected chi connectivity index (χ4v) is 5.41. The average molecular weight is 239 g/mol. The largest absolute Gasteiger partial charge is 0.256 e. The molecule has 2 heterocycles. The molecular weight excluding hydrogens is 222 g/mol. The second-order valence-corrected chi connectivity index (χ2v) is 10.3. The van der Waals surface area contributed by atoms with Gasteiger partial charge in [0.05, 0.1) is 13.8 Å². The molecule has 1 nitrogen and oxygen atoms in total. The minimum atomic E-state index is -1.17. The Morgan fingerprint density at radius 3 is 2.65 bits per heavy atom. The van der Waals surface area contributed by atoms with Gasteiger partial charge in [0, 0.05) is 11.8 Å². The zero-order valence-corrected chi connectivity index (χ0v) is 11.4. The lowest BCUT2D eigenvalue weighted by atomic mass is 10.1. The van der Waals surface area contributed by atoms with Gasteiger partial charge in [-0.15, -0.1) is 0 Å². The summed E-state index contributed by atoms with van der Waals surface area (Å²) in [5.74, 6) is 0. The zero-order valence-electron chi connectivity index (χ0n) is 10.4. The second-order valence-electron chi connectivity index (χ2n) is 5.48. The van der Waals surface area contributed by atoms with Crippen LogP contribution in [0.15, 0.2) is 42.6 Å². The Labute approximate surface area is 104 Å². The van der Waals surface area contributed by atoms with Crippen LogP contribution in [0.5, 0.6) is 0 Å². The first kappa shape index (κ1) is 10.7. The first-order valence-electron chi connectivity index (χ1n) is 6.22. The molecule has 0 saturated carbocycles. The van der Waals surface area contributed by atoms with Crippen LogP contribution in [-0.4, -0.2) is 13.1 Å². The Balaban J connectivity index is 2.11. The number of hydrogen-bond donors (Lipinski definition) is 0. The van der Waals surface area contributed by atoms with Crippen molar-refractivity contribution >= 4 is 13.3 Å². The van der Waals surface area contributed by atoms with Crippen LogP contribution in [0, 0.1) is 0 Å². The molecule has 17 heavy (non-hydrogen) atoms. The topological polar surface area (TPSA) is 12.9 Å². The monoisotopic (exact) mass is 239 g/mol. The second kappa shape index (κ2) is 3.81. The van der Waals surface area contributed by atoms with Crippen LogP contribution in [0.3, 0.4) is 0 Å². The molecule has 0 amide bonds. The summed E-state index contributed by atoms with van der Waals surface area (Å²) in [6.07, 6.45) is 3.33. The van der Waals surface area contributed by atoms with Gasteiger partial charge in [0.15, 0.2) is 0 Å². The molecule has 1 aliphatic rings. The van der Waals surface area contributed by atoms with E-state index in [0.29, 0.717) is 0 Å². The van der Waals surface area contributed by atoms with E-state index in [-0.39, 0.29) is 0 Å². The van der Waals surface area contributed by atoms with E-state index >= 15 is 0 Å². The van der Waals surface area contributed by atoms with Gasteiger partial charge in [0.2, 0.25) is 0 Å². The molecule has 1 aromatic carbocycles. The molecular formula is C15H17NSi. The van der Waals surface area contributed by atoms with Gasteiger partial charge in [0.25, 0.3) is 0 Å². The number of fused-ring (bicyclic) bond motifs is 1. The predicted molar refractivity (Wildman–Crippen MR) is 75.3 cm³/mol. The highest BCUT2D eigenvalue weighted by molar-refractivity contribution is 6.91. The van der Waals surface area contributed by atoms with Crippen molar-refractivity contribution in [3.63, 3.8) is 0 Å². The van der Waals surface area contributed by atoms with Gasteiger partial charge >= 0.3 is 0 Å². The summed E-state index contributed by atoms with van der Waals surface area (Å²) in [5, 5.41) is 1.62. The predicted octanol–water partition coefficient (Wildman–Crippen LogP) is 3.22. The van der Waals surface area contributed by atoms with Crippen LogP contribution >= 0.6 is 0 Å². The van der Waals surface area contributed by atoms with E-state index in [1.807, 2.05) is 0 Å². The SMILES string of the molecule is C[Si]1(C)CCc2cnc(-c3ccccc3)cc21. The molecule has 2 aromatic rings. The molecule has 2 heteroatoms. The van der Waals surface area contributed by atoms with Crippen LogP contribution in [0.4, 0.5) is 0 Å². The van der Waals surface area contributed by atoms with Crippen molar-refractivity contribution in [1.29, 1.82) is 0 Å². The minimum absolute atomic E-state index is 1.13. The van der Waals surface area contributed by atoms with Gasteiger partial charge in [-0.1, -0.05) is 48.6 Å². The van der Waals surface area contributed by atoms with Crippen LogP contribution in [0.1, 0.15) is 5.56 Å². The van der Waals surface area contributed by atoms with Gasteiger partial charge in [-0.05, 0) is 24.1 Å². The number of benzene rings is 1. The number of rotatable bonds is 1. The lowest BCUT2D eigenvalue weighted by Crippen LogP contribution is -2.37. The van der Waals surface area contributed by atoms with Gasteiger partial charge in [-0.2, -0.15) is 0 Å². The Kier molecular flexibility index (Phi) is 2.40. The molecule has 0 radical (unpaired) electrons. The fraction of sp³-hybridized carbons (Fsp3) is 0.267. The molecule has 0 atom stereocenters. The molecule has 0 spiro atoms. The number of aryl methyl sites for hydroxylation is 1. The zero-order chi connectivity index (χ0) is 11.9. The number of hydrogen-bond acceptors (Lipinski definition) is 1. The van der Waals surface area contributed by atoms with Crippen molar-refractivity contribution in [2.24, 2.45) is 0 Å². The fourth-order valence-electron chi connectivity index (χ4n) is 2.66. The molecule has 0 saturated heterocycles. The van der Waals surface area contributed by atoms with E-state index in [4.69, 9.17) is 0 Å². The number of nitrogens with zero attached hydrogens (tertiary/aromatic N) is 1. The van der Waals surface area contributed by atoms with E-state index in [0.717, 1.165) is 5.69 Å². The van der Waals surface area contributed by atoms with E-state index < -0.39 is 8.07 Å². The van der Waals surface area contributed by atoms with Crippen molar-refractivity contribution in [2.45, 2.75) is 25.6 Å². The van der Waals surface area contributed by atoms with Crippen LogP contribution in [0.25, 0.3) is 11.3 Å². The van der Waals surface area contributed by atoms with Crippen LogP contribution in [-0.2, 0) is 6.42 Å². The summed E-state index contributed by atoms with van der Waals surface area (Å²) >= 11 is 0. The van der Waals surface area contributed by atoms with E-state index in [2.05, 4.69) is 60.7 Å². The van der Waals surface area contributed by atoms with E-state index in [1.165, 1.54) is 23.6 Å². The molecule has 0 N–H and O–H groups in total. The Morgan fingerprint density at radius 1 is 1.12 bits per heavy atom. The number of pyridine rings is 1. The normalized spacial score (nSPS) is 16.8. The standard InChI is InChI=1S/C15H17NSi/c1-17(2)9-8-13-11-16-14(10-15(13)17)12-6-4-3-5-7-12/h3-7,10-11H,8-9H2,1-2H3. The lowest BCUT2D eigenvalue weighted by molar-refractivity contribution is 1.13. The third kappa shape index (κ3) is 1.82. The lowest BCUT2D eigenvalue weighted by Gasteiger charge is -2.16. The Morgan fingerprint density at radius 2 is 1.88 bits per heavy atom. The van der Waals surface area contributed by atoms with Crippen molar-refractivity contribution < 1.29 is 0 Å². The Hall–Kier alpha value is -1.41. The third-order valence-corrected chi connectivity index (χ3v) is 7.23. The summed E-state index contributed by atoms with van der Waals surface area (Å²) in [6, 6.07) is 14.2. The maximum atomic E-state index is 4.61. The molecule has 0 unspecified atom stereocenters. The highest BCUT2D eigenvalue weighted by Crippen LogP contribution is 2.25. The summed E-state index contributed by atoms with van der Waals surface area (Å²) in [6.45, 7) is 4.93. The quantitative estimate of drug-likeness (QED) is 0.696. The molecule has 1 aromatic heterocycles.